The van der Waals surface area contributed by atoms with Crippen LogP contribution in [0.5, 0.6) is 0 Å². The van der Waals surface area contributed by atoms with Gasteiger partial charge in [-0.3, -0.25) is 0 Å². The Bertz CT molecular complexity index is 3400. The van der Waals surface area contributed by atoms with E-state index < -0.39 is 0 Å². The molecule has 0 saturated heterocycles. The lowest BCUT2D eigenvalue weighted by molar-refractivity contribution is 0.631. The summed E-state index contributed by atoms with van der Waals surface area (Å²) in [7, 11) is 0. The second-order valence-electron chi connectivity index (χ2n) is 16.2. The number of aromatic nitrogens is 1. The minimum absolute atomic E-state index is 0.214. The van der Waals surface area contributed by atoms with Gasteiger partial charge in [0.15, 0.2) is 0 Å². The van der Waals surface area contributed by atoms with Crippen LogP contribution in [-0.4, -0.2) is 4.57 Å². The summed E-state index contributed by atoms with van der Waals surface area (Å²) in [5.74, 6) is 0. The zero-order chi connectivity index (χ0) is 38.5. The molecule has 0 aliphatic carbocycles. The van der Waals surface area contributed by atoms with Crippen molar-refractivity contribution in [1.82, 2.24) is 4.57 Å². The molecule has 3 heterocycles. The molecule has 0 bridgehead atoms. The Morgan fingerprint density at radius 3 is 1.79 bits per heavy atom. The highest BCUT2D eigenvalue weighted by atomic mass is 32.1. The van der Waals surface area contributed by atoms with Gasteiger partial charge in [-0.05, 0) is 117 Å². The molecule has 58 heavy (non-hydrogen) atoms. The summed E-state index contributed by atoms with van der Waals surface area (Å²) in [4.78, 5) is 2.35. The van der Waals surface area contributed by atoms with E-state index in [1.54, 1.807) is 0 Å². The number of benzene rings is 9. The van der Waals surface area contributed by atoms with Gasteiger partial charge in [0.1, 0.15) is 0 Å². The van der Waals surface area contributed by atoms with Gasteiger partial charge in [-0.15, -0.1) is 11.3 Å². The third kappa shape index (κ3) is 4.90. The Morgan fingerprint density at radius 1 is 0.448 bits per heavy atom. The van der Waals surface area contributed by atoms with E-state index in [0.717, 1.165) is 17.1 Å². The van der Waals surface area contributed by atoms with Gasteiger partial charge in [0, 0.05) is 53.4 Å². The lowest BCUT2D eigenvalue weighted by atomic mass is 9.73. The summed E-state index contributed by atoms with van der Waals surface area (Å²) >= 11 is 1.93. The number of fused-ring (bicyclic) bond motifs is 10. The van der Waals surface area contributed by atoms with Crippen molar-refractivity contribution >= 4 is 81.1 Å². The number of para-hydroxylation sites is 2. The van der Waals surface area contributed by atoms with Crippen molar-refractivity contribution in [2.75, 3.05) is 4.90 Å². The van der Waals surface area contributed by atoms with E-state index in [0.29, 0.717) is 0 Å². The normalized spacial score (nSPS) is 13.1. The van der Waals surface area contributed by atoms with E-state index >= 15 is 0 Å². The summed E-state index contributed by atoms with van der Waals surface area (Å²) in [6.45, 7) is 4.83. The molecule has 9 aromatic carbocycles. The zero-order valence-electron chi connectivity index (χ0n) is 32.3. The largest absolute Gasteiger partial charge is 0.311 e. The maximum Gasteiger partial charge on any atom is 0.0596 e. The van der Waals surface area contributed by atoms with Crippen molar-refractivity contribution in [2.45, 2.75) is 19.3 Å². The predicted octanol–water partition coefficient (Wildman–Crippen LogP) is 15.7. The second-order valence-corrected chi connectivity index (χ2v) is 17.2. The average Bonchev–Trinajstić information content (AvgIpc) is 3.83. The summed E-state index contributed by atoms with van der Waals surface area (Å²) < 4.78 is 5.27. The molecular weight excluding hydrogens is 721 g/mol. The molecule has 0 radical (unpaired) electrons. The minimum Gasteiger partial charge on any atom is -0.311 e. The number of hydrogen-bond acceptors (Lipinski definition) is 2. The fraction of sp³-hybridized carbons (Fsp3) is 0.0545. The highest BCUT2D eigenvalue weighted by Crippen LogP contribution is 2.52. The molecule has 0 amide bonds. The lowest BCUT2D eigenvalue weighted by Gasteiger charge is -2.35. The molecular formula is C55H38N2S. The average molecular weight is 759 g/mol. The molecule has 1 aliphatic heterocycles. The Labute approximate surface area is 341 Å². The second kappa shape index (κ2) is 12.5. The summed E-state index contributed by atoms with van der Waals surface area (Å²) in [5.41, 5.74) is 14.6. The molecule has 2 aromatic heterocycles. The first kappa shape index (κ1) is 33.2. The van der Waals surface area contributed by atoms with Gasteiger partial charge in [0.2, 0.25) is 0 Å². The van der Waals surface area contributed by atoms with Crippen LogP contribution in [-0.2, 0) is 5.41 Å². The van der Waals surface area contributed by atoms with Gasteiger partial charge < -0.3 is 9.47 Å². The van der Waals surface area contributed by atoms with Crippen LogP contribution in [0, 0.1) is 0 Å². The molecule has 0 fully saturated rings. The standard InChI is InChI=1S/C55H38N2S/c1-55(2)47-33-40(26-31-50(47)57-49-18-10-8-17-45(49)52-53(57)48(55)34-46-44-16-9-11-19-51(44)58-54(46)52)37-24-29-43(30-25-37)56(41-14-4-3-5-15-41)42-27-22-36(23-28-42)39-21-20-35-12-6-7-13-38(35)32-39/h3-34H,1-2H3. The minimum atomic E-state index is -0.214. The SMILES string of the molecule is CC1(C)c2cc(-c3ccc(N(c4ccccc4)c4ccc(-c5ccc6ccccc6c5)cc4)cc3)ccc2-n2c3ccccc3c3c4sc5ccccc5c4cc1c32. The van der Waals surface area contributed by atoms with Crippen LogP contribution < -0.4 is 4.90 Å². The van der Waals surface area contributed by atoms with Crippen LogP contribution in [0.2, 0.25) is 0 Å². The molecule has 0 spiro atoms. The third-order valence-electron chi connectivity index (χ3n) is 12.5. The van der Waals surface area contributed by atoms with Crippen LogP contribution in [0.1, 0.15) is 25.0 Å². The van der Waals surface area contributed by atoms with Crippen molar-refractivity contribution in [1.29, 1.82) is 0 Å². The van der Waals surface area contributed by atoms with E-state index in [2.05, 4.69) is 217 Å². The van der Waals surface area contributed by atoms with Gasteiger partial charge in [0.25, 0.3) is 0 Å². The van der Waals surface area contributed by atoms with Gasteiger partial charge in [-0.2, -0.15) is 0 Å². The molecule has 0 N–H and O–H groups in total. The molecule has 274 valence electrons. The highest BCUT2D eigenvalue weighted by Gasteiger charge is 2.37. The van der Waals surface area contributed by atoms with Crippen LogP contribution in [0.4, 0.5) is 17.1 Å². The fourth-order valence-electron chi connectivity index (χ4n) is 9.61. The third-order valence-corrected chi connectivity index (χ3v) is 13.7. The van der Waals surface area contributed by atoms with Crippen LogP contribution in [0.3, 0.4) is 0 Å². The van der Waals surface area contributed by atoms with Gasteiger partial charge >= 0.3 is 0 Å². The van der Waals surface area contributed by atoms with E-state index in [1.807, 2.05) is 11.3 Å². The first-order chi connectivity index (χ1) is 28.5. The molecule has 1 aliphatic rings. The molecule has 0 unspecified atom stereocenters. The van der Waals surface area contributed by atoms with E-state index in [-0.39, 0.29) is 5.41 Å². The van der Waals surface area contributed by atoms with Gasteiger partial charge in [-0.25, -0.2) is 0 Å². The van der Waals surface area contributed by atoms with Crippen molar-refractivity contribution in [3.05, 3.63) is 205 Å². The first-order valence-corrected chi connectivity index (χ1v) is 20.9. The monoisotopic (exact) mass is 758 g/mol. The van der Waals surface area contributed by atoms with Crippen LogP contribution in [0.25, 0.3) is 80.7 Å². The summed E-state index contributed by atoms with van der Waals surface area (Å²) in [5, 5.41) is 7.93. The first-order valence-electron chi connectivity index (χ1n) is 20.1. The summed E-state index contributed by atoms with van der Waals surface area (Å²) in [6, 6.07) is 71.5. The quantitative estimate of drug-likeness (QED) is 0.170. The number of hydrogen-bond donors (Lipinski definition) is 0. The topological polar surface area (TPSA) is 8.17 Å². The van der Waals surface area contributed by atoms with E-state index in [4.69, 9.17) is 0 Å². The Morgan fingerprint density at radius 2 is 1.03 bits per heavy atom. The van der Waals surface area contributed by atoms with E-state index in [9.17, 15) is 0 Å². The maximum absolute atomic E-state index is 2.54. The molecule has 12 rings (SSSR count). The Balaban J connectivity index is 0.948. The van der Waals surface area contributed by atoms with E-state index in [1.165, 1.54) is 91.8 Å². The molecule has 2 nitrogen and oxygen atoms in total. The fourth-order valence-corrected chi connectivity index (χ4v) is 10.9. The lowest BCUT2D eigenvalue weighted by Crippen LogP contribution is -2.26. The number of rotatable bonds is 5. The molecule has 0 saturated carbocycles. The smallest absolute Gasteiger partial charge is 0.0596 e. The van der Waals surface area contributed by atoms with Gasteiger partial charge in [-0.1, -0.05) is 135 Å². The molecule has 3 heteroatoms. The number of thiophene rings is 1. The Kier molecular flexibility index (Phi) is 7.18. The Hall–Kier alpha value is -6.94. The van der Waals surface area contributed by atoms with Crippen LogP contribution in [0.15, 0.2) is 194 Å². The summed E-state index contributed by atoms with van der Waals surface area (Å²) in [6.07, 6.45) is 0. The highest BCUT2D eigenvalue weighted by molar-refractivity contribution is 7.26. The zero-order valence-corrected chi connectivity index (χ0v) is 33.1. The van der Waals surface area contributed by atoms with Crippen molar-refractivity contribution in [3.8, 4) is 27.9 Å². The van der Waals surface area contributed by atoms with Crippen LogP contribution >= 0.6 is 11.3 Å². The number of nitrogens with zero attached hydrogens (tertiary/aromatic N) is 2. The van der Waals surface area contributed by atoms with Gasteiger partial charge in [0.05, 0.1) is 16.7 Å². The number of anilines is 3. The molecule has 11 aromatic rings. The molecule has 0 atom stereocenters. The van der Waals surface area contributed by atoms with Crippen molar-refractivity contribution in [3.63, 3.8) is 0 Å². The maximum atomic E-state index is 2.54. The predicted molar refractivity (Wildman–Crippen MR) is 249 cm³/mol. The van der Waals surface area contributed by atoms with Crippen molar-refractivity contribution in [2.24, 2.45) is 0 Å². The van der Waals surface area contributed by atoms with Crippen molar-refractivity contribution < 1.29 is 0 Å².